The molecule has 0 aliphatic heterocycles. The van der Waals surface area contributed by atoms with Crippen LogP contribution in [0.3, 0.4) is 0 Å². The lowest BCUT2D eigenvalue weighted by molar-refractivity contribution is 0.0243. The Morgan fingerprint density at radius 1 is 1.08 bits per heavy atom. The van der Waals surface area contributed by atoms with Gasteiger partial charge >= 0.3 is 0 Å². The van der Waals surface area contributed by atoms with Crippen LogP contribution in [0.1, 0.15) is 16.7 Å². The molecule has 0 radical (unpaired) electrons. The van der Waals surface area contributed by atoms with Crippen molar-refractivity contribution in [1.82, 2.24) is 4.90 Å². The third-order valence-electron chi connectivity index (χ3n) is 3.87. The number of rotatable bonds is 9. The second-order valence-electron chi connectivity index (χ2n) is 5.95. The molecule has 1 N–H and O–H groups in total. The third-order valence-corrected chi connectivity index (χ3v) is 3.87. The van der Waals surface area contributed by atoms with Crippen LogP contribution in [-0.4, -0.2) is 35.9 Å². The minimum absolute atomic E-state index is 0.230. The molecule has 0 fully saturated rings. The largest absolute Gasteiger partial charge is 0.389 e. The lowest BCUT2D eigenvalue weighted by atomic mass is 10.1. The standard InChI is InChI=1S/C21H25NO2/c1-3-13-24-17-21(23)16-22(14-19-10-5-4-6-11-19)15-20-12-8-7-9-18(20)2/h1,4-12,21,23H,13-17H2,2H3. The Morgan fingerprint density at radius 2 is 1.79 bits per heavy atom. The predicted octanol–water partition coefficient (Wildman–Crippen LogP) is 3.01. The molecular formula is C21H25NO2. The Bertz CT molecular complexity index is 648. The Kier molecular flexibility index (Phi) is 7.51. The first-order chi connectivity index (χ1) is 11.7. The number of aryl methyl sites for hydroxylation is 1. The van der Waals surface area contributed by atoms with E-state index in [1.165, 1.54) is 16.7 Å². The van der Waals surface area contributed by atoms with Crippen molar-refractivity contribution in [2.75, 3.05) is 19.8 Å². The Morgan fingerprint density at radius 3 is 2.50 bits per heavy atom. The van der Waals surface area contributed by atoms with Crippen molar-refractivity contribution in [3.05, 3.63) is 71.3 Å². The van der Waals surface area contributed by atoms with Gasteiger partial charge in [0.1, 0.15) is 6.61 Å². The molecule has 0 bridgehead atoms. The highest BCUT2D eigenvalue weighted by Gasteiger charge is 2.14. The van der Waals surface area contributed by atoms with Crippen LogP contribution in [-0.2, 0) is 17.8 Å². The van der Waals surface area contributed by atoms with Crippen molar-refractivity contribution < 1.29 is 9.84 Å². The summed E-state index contributed by atoms with van der Waals surface area (Å²) in [6.45, 7) is 4.70. The van der Waals surface area contributed by atoms with Gasteiger partial charge in [0.15, 0.2) is 0 Å². The number of hydrogen-bond acceptors (Lipinski definition) is 3. The van der Waals surface area contributed by atoms with Crippen LogP contribution < -0.4 is 0 Å². The second-order valence-corrected chi connectivity index (χ2v) is 5.95. The molecule has 0 aromatic heterocycles. The summed E-state index contributed by atoms with van der Waals surface area (Å²) in [6.07, 6.45) is 4.61. The van der Waals surface area contributed by atoms with Crippen LogP contribution >= 0.6 is 0 Å². The molecule has 3 heteroatoms. The van der Waals surface area contributed by atoms with Gasteiger partial charge in [0, 0.05) is 19.6 Å². The zero-order chi connectivity index (χ0) is 17.2. The molecule has 1 atom stereocenters. The molecule has 0 spiro atoms. The molecule has 1 unspecified atom stereocenters. The number of aliphatic hydroxyl groups excluding tert-OH is 1. The highest BCUT2D eigenvalue weighted by atomic mass is 16.5. The maximum atomic E-state index is 10.2. The monoisotopic (exact) mass is 323 g/mol. The second kappa shape index (κ2) is 9.89. The number of hydrogen-bond donors (Lipinski definition) is 1. The maximum absolute atomic E-state index is 10.2. The van der Waals surface area contributed by atoms with Gasteiger partial charge in [0.25, 0.3) is 0 Å². The molecule has 2 rings (SSSR count). The number of aliphatic hydroxyl groups is 1. The van der Waals surface area contributed by atoms with Gasteiger partial charge in [-0.05, 0) is 23.6 Å². The molecule has 0 heterocycles. The molecule has 2 aromatic rings. The van der Waals surface area contributed by atoms with E-state index in [0.717, 1.165) is 13.1 Å². The summed E-state index contributed by atoms with van der Waals surface area (Å²) in [7, 11) is 0. The maximum Gasteiger partial charge on any atom is 0.107 e. The van der Waals surface area contributed by atoms with Gasteiger partial charge < -0.3 is 9.84 Å². The zero-order valence-electron chi connectivity index (χ0n) is 14.2. The zero-order valence-corrected chi connectivity index (χ0v) is 14.2. The molecule has 0 saturated heterocycles. The van der Waals surface area contributed by atoms with E-state index in [0.29, 0.717) is 6.54 Å². The highest BCUT2D eigenvalue weighted by molar-refractivity contribution is 5.25. The molecule has 0 saturated carbocycles. The van der Waals surface area contributed by atoms with Crippen LogP contribution in [0, 0.1) is 19.3 Å². The fourth-order valence-corrected chi connectivity index (χ4v) is 2.66. The Balaban J connectivity index is 2.03. The summed E-state index contributed by atoms with van der Waals surface area (Å²) >= 11 is 0. The summed E-state index contributed by atoms with van der Waals surface area (Å²) in [5.41, 5.74) is 3.75. The van der Waals surface area contributed by atoms with E-state index in [2.05, 4.69) is 48.1 Å². The van der Waals surface area contributed by atoms with E-state index < -0.39 is 6.10 Å². The number of ether oxygens (including phenoxy) is 1. The normalized spacial score (nSPS) is 12.1. The molecule has 24 heavy (non-hydrogen) atoms. The summed E-state index contributed by atoms with van der Waals surface area (Å²) in [5.74, 6) is 2.42. The van der Waals surface area contributed by atoms with Gasteiger partial charge in [-0.3, -0.25) is 4.90 Å². The van der Waals surface area contributed by atoms with E-state index in [-0.39, 0.29) is 13.2 Å². The summed E-state index contributed by atoms with van der Waals surface area (Å²) in [5, 5.41) is 10.2. The lowest BCUT2D eigenvalue weighted by Crippen LogP contribution is -2.34. The molecular weight excluding hydrogens is 298 g/mol. The van der Waals surface area contributed by atoms with Crippen molar-refractivity contribution in [3.8, 4) is 12.3 Å². The average molecular weight is 323 g/mol. The van der Waals surface area contributed by atoms with Crippen molar-refractivity contribution in [2.45, 2.75) is 26.1 Å². The average Bonchev–Trinajstić information content (AvgIpc) is 2.58. The van der Waals surface area contributed by atoms with Crippen LogP contribution in [0.15, 0.2) is 54.6 Å². The Labute approximate surface area is 144 Å². The van der Waals surface area contributed by atoms with Crippen molar-refractivity contribution in [1.29, 1.82) is 0 Å². The minimum Gasteiger partial charge on any atom is -0.389 e. The molecule has 0 aliphatic carbocycles. The van der Waals surface area contributed by atoms with Crippen LogP contribution in [0.5, 0.6) is 0 Å². The quantitative estimate of drug-likeness (QED) is 0.569. The van der Waals surface area contributed by atoms with Gasteiger partial charge in [-0.25, -0.2) is 0 Å². The molecule has 0 aliphatic rings. The molecule has 3 nitrogen and oxygen atoms in total. The van der Waals surface area contributed by atoms with Crippen molar-refractivity contribution in [2.24, 2.45) is 0 Å². The van der Waals surface area contributed by atoms with Crippen molar-refractivity contribution >= 4 is 0 Å². The first-order valence-corrected chi connectivity index (χ1v) is 8.19. The number of benzene rings is 2. The summed E-state index contributed by atoms with van der Waals surface area (Å²) in [6, 6.07) is 18.6. The lowest BCUT2D eigenvalue weighted by Gasteiger charge is -2.26. The topological polar surface area (TPSA) is 32.7 Å². The van der Waals surface area contributed by atoms with Gasteiger partial charge in [0.05, 0.1) is 12.7 Å². The number of terminal acetylenes is 1. The van der Waals surface area contributed by atoms with Gasteiger partial charge in [0.2, 0.25) is 0 Å². The van der Waals surface area contributed by atoms with E-state index in [1.54, 1.807) is 0 Å². The summed E-state index contributed by atoms with van der Waals surface area (Å²) in [4.78, 5) is 2.24. The first-order valence-electron chi connectivity index (χ1n) is 8.19. The Hall–Kier alpha value is -2.12. The van der Waals surface area contributed by atoms with Crippen LogP contribution in [0.25, 0.3) is 0 Å². The molecule has 126 valence electrons. The van der Waals surface area contributed by atoms with E-state index in [4.69, 9.17) is 11.2 Å². The SMILES string of the molecule is C#CCOCC(O)CN(Cc1ccccc1)Cc1ccccc1C. The molecule has 0 amide bonds. The van der Waals surface area contributed by atoms with Gasteiger partial charge in [-0.1, -0.05) is 60.5 Å². The number of nitrogens with zero attached hydrogens (tertiary/aromatic N) is 1. The van der Waals surface area contributed by atoms with Gasteiger partial charge in [-0.15, -0.1) is 6.42 Å². The fourth-order valence-electron chi connectivity index (χ4n) is 2.66. The van der Waals surface area contributed by atoms with E-state index >= 15 is 0 Å². The predicted molar refractivity (Wildman–Crippen MR) is 97.4 cm³/mol. The molecule has 2 aromatic carbocycles. The fraction of sp³-hybridized carbons (Fsp3) is 0.333. The van der Waals surface area contributed by atoms with E-state index in [9.17, 15) is 5.11 Å². The van der Waals surface area contributed by atoms with Crippen molar-refractivity contribution in [3.63, 3.8) is 0 Å². The smallest absolute Gasteiger partial charge is 0.107 e. The minimum atomic E-state index is -0.564. The van der Waals surface area contributed by atoms with Crippen LogP contribution in [0.2, 0.25) is 0 Å². The highest BCUT2D eigenvalue weighted by Crippen LogP contribution is 2.14. The summed E-state index contributed by atoms with van der Waals surface area (Å²) < 4.78 is 5.26. The van der Waals surface area contributed by atoms with Crippen LogP contribution in [0.4, 0.5) is 0 Å². The van der Waals surface area contributed by atoms with E-state index in [1.807, 2.05) is 24.3 Å². The first kappa shape index (κ1) is 18.2. The van der Waals surface area contributed by atoms with Gasteiger partial charge in [-0.2, -0.15) is 0 Å². The third kappa shape index (κ3) is 6.17.